The molecule has 0 aliphatic heterocycles. The van der Waals surface area contributed by atoms with Gasteiger partial charge in [-0.1, -0.05) is 13.8 Å². The van der Waals surface area contributed by atoms with Gasteiger partial charge in [0, 0.05) is 27.2 Å². The van der Waals surface area contributed by atoms with Crippen molar-refractivity contribution < 1.29 is 14.2 Å². The zero-order chi connectivity index (χ0) is 12.2. The Labute approximate surface area is 99.5 Å². The van der Waals surface area contributed by atoms with Crippen LogP contribution < -0.4 is 0 Å². The minimum atomic E-state index is -0.831. The third kappa shape index (κ3) is 2.76. The van der Waals surface area contributed by atoms with Crippen LogP contribution in [0.25, 0.3) is 0 Å². The van der Waals surface area contributed by atoms with Crippen LogP contribution in [0.15, 0.2) is 0 Å². The molecule has 0 amide bonds. The average Bonchev–Trinajstić information content (AvgIpc) is 2.33. The van der Waals surface area contributed by atoms with Gasteiger partial charge in [-0.25, -0.2) is 0 Å². The molecule has 0 atom stereocenters. The third-order valence-corrected chi connectivity index (χ3v) is 4.07. The van der Waals surface area contributed by atoms with E-state index in [-0.39, 0.29) is 0 Å². The monoisotopic (exact) mass is 230 g/mol. The number of hydrogen-bond acceptors (Lipinski definition) is 3. The van der Waals surface area contributed by atoms with Gasteiger partial charge in [0.25, 0.3) is 5.97 Å². The van der Waals surface area contributed by atoms with E-state index in [0.29, 0.717) is 5.92 Å². The van der Waals surface area contributed by atoms with Crippen LogP contribution in [0.3, 0.4) is 0 Å². The molecule has 0 aromatic heterocycles. The lowest BCUT2D eigenvalue weighted by Gasteiger charge is -2.40. The van der Waals surface area contributed by atoms with Crippen LogP contribution in [0.5, 0.6) is 0 Å². The van der Waals surface area contributed by atoms with Crippen LogP contribution >= 0.6 is 0 Å². The average molecular weight is 230 g/mol. The van der Waals surface area contributed by atoms with E-state index < -0.39 is 5.97 Å². The lowest BCUT2D eigenvalue weighted by molar-refractivity contribution is -0.382. The van der Waals surface area contributed by atoms with Crippen molar-refractivity contribution in [2.24, 2.45) is 17.8 Å². The van der Waals surface area contributed by atoms with Crippen molar-refractivity contribution in [1.82, 2.24) is 0 Å². The highest BCUT2D eigenvalue weighted by Gasteiger charge is 2.42. The Morgan fingerprint density at radius 3 is 1.62 bits per heavy atom. The molecular formula is C13H26O3. The molecule has 1 saturated carbocycles. The largest absolute Gasteiger partial charge is 0.331 e. The van der Waals surface area contributed by atoms with Gasteiger partial charge >= 0.3 is 0 Å². The van der Waals surface area contributed by atoms with Crippen molar-refractivity contribution in [2.45, 2.75) is 45.5 Å². The number of rotatable bonds is 5. The topological polar surface area (TPSA) is 27.7 Å². The SMILES string of the molecule is COC(OC)(OC)C1CCC(C(C)C)CC1. The summed E-state index contributed by atoms with van der Waals surface area (Å²) in [5.41, 5.74) is 0. The van der Waals surface area contributed by atoms with Crippen molar-refractivity contribution in [1.29, 1.82) is 0 Å². The van der Waals surface area contributed by atoms with Crippen molar-refractivity contribution in [3.63, 3.8) is 0 Å². The Kier molecular flexibility index (Phi) is 5.22. The molecule has 0 aromatic rings. The van der Waals surface area contributed by atoms with E-state index in [1.54, 1.807) is 21.3 Å². The molecule has 0 bridgehead atoms. The molecule has 1 rings (SSSR count). The van der Waals surface area contributed by atoms with Crippen molar-refractivity contribution in [2.75, 3.05) is 21.3 Å². The van der Waals surface area contributed by atoms with Gasteiger partial charge in [-0.3, -0.25) is 0 Å². The molecule has 0 unspecified atom stereocenters. The van der Waals surface area contributed by atoms with E-state index in [0.717, 1.165) is 24.7 Å². The molecule has 0 saturated heterocycles. The summed E-state index contributed by atoms with van der Waals surface area (Å²) in [6.45, 7) is 4.61. The molecule has 3 heteroatoms. The fraction of sp³-hybridized carbons (Fsp3) is 1.00. The molecule has 0 spiro atoms. The molecule has 16 heavy (non-hydrogen) atoms. The van der Waals surface area contributed by atoms with E-state index in [2.05, 4.69) is 13.8 Å². The normalized spacial score (nSPS) is 27.4. The minimum absolute atomic E-state index is 0.350. The fourth-order valence-electron chi connectivity index (χ4n) is 2.89. The lowest BCUT2D eigenvalue weighted by Crippen LogP contribution is -2.45. The van der Waals surface area contributed by atoms with Gasteiger partial charge in [0.1, 0.15) is 0 Å². The predicted octanol–water partition coefficient (Wildman–Crippen LogP) is 3.04. The Hall–Kier alpha value is -0.120. The minimum Gasteiger partial charge on any atom is -0.331 e. The molecule has 0 radical (unpaired) electrons. The molecule has 1 aliphatic carbocycles. The van der Waals surface area contributed by atoms with Crippen molar-refractivity contribution >= 4 is 0 Å². The lowest BCUT2D eigenvalue weighted by atomic mass is 9.76. The van der Waals surface area contributed by atoms with Crippen molar-refractivity contribution in [3.05, 3.63) is 0 Å². The molecule has 3 nitrogen and oxygen atoms in total. The summed E-state index contributed by atoms with van der Waals surface area (Å²) in [5, 5.41) is 0. The first-order chi connectivity index (χ1) is 7.59. The van der Waals surface area contributed by atoms with Crippen LogP contribution in [0.2, 0.25) is 0 Å². The molecule has 1 aliphatic rings. The Morgan fingerprint density at radius 1 is 0.875 bits per heavy atom. The second-order valence-electron chi connectivity index (χ2n) is 5.07. The highest BCUT2D eigenvalue weighted by Crippen LogP contribution is 2.40. The number of hydrogen-bond donors (Lipinski definition) is 0. The van der Waals surface area contributed by atoms with E-state index in [4.69, 9.17) is 14.2 Å². The van der Waals surface area contributed by atoms with E-state index in [9.17, 15) is 0 Å². The zero-order valence-corrected chi connectivity index (χ0v) is 11.3. The quantitative estimate of drug-likeness (QED) is 0.679. The summed E-state index contributed by atoms with van der Waals surface area (Å²) < 4.78 is 16.3. The van der Waals surface area contributed by atoms with Crippen LogP contribution in [0.4, 0.5) is 0 Å². The standard InChI is InChI=1S/C13H26O3/c1-10(2)11-6-8-12(9-7-11)13(14-3,15-4)16-5/h10-12H,6-9H2,1-5H3. The van der Waals surface area contributed by atoms with Crippen LogP contribution in [0, 0.1) is 17.8 Å². The van der Waals surface area contributed by atoms with Crippen LogP contribution in [-0.2, 0) is 14.2 Å². The van der Waals surface area contributed by atoms with Gasteiger partial charge in [-0.05, 0) is 37.5 Å². The van der Waals surface area contributed by atoms with Crippen molar-refractivity contribution in [3.8, 4) is 0 Å². The van der Waals surface area contributed by atoms with Gasteiger partial charge in [0.05, 0.1) is 0 Å². The number of methoxy groups -OCH3 is 3. The molecule has 0 aromatic carbocycles. The van der Waals surface area contributed by atoms with E-state index in [1.807, 2.05) is 0 Å². The summed E-state index contributed by atoms with van der Waals surface area (Å²) in [6.07, 6.45) is 4.75. The molecule has 96 valence electrons. The molecule has 1 fully saturated rings. The fourth-order valence-corrected chi connectivity index (χ4v) is 2.89. The molecule has 0 heterocycles. The van der Waals surface area contributed by atoms with E-state index >= 15 is 0 Å². The maximum absolute atomic E-state index is 5.43. The highest BCUT2D eigenvalue weighted by molar-refractivity contribution is 4.80. The summed E-state index contributed by atoms with van der Waals surface area (Å²) >= 11 is 0. The summed E-state index contributed by atoms with van der Waals surface area (Å²) in [4.78, 5) is 0. The van der Waals surface area contributed by atoms with Gasteiger partial charge in [-0.2, -0.15) is 0 Å². The highest BCUT2D eigenvalue weighted by atomic mass is 16.9. The third-order valence-electron chi connectivity index (χ3n) is 4.07. The van der Waals surface area contributed by atoms with Gasteiger partial charge < -0.3 is 14.2 Å². The van der Waals surface area contributed by atoms with Crippen LogP contribution in [0.1, 0.15) is 39.5 Å². The first-order valence-electron chi connectivity index (χ1n) is 6.25. The smallest absolute Gasteiger partial charge is 0.285 e. The maximum Gasteiger partial charge on any atom is 0.285 e. The molecule has 0 N–H and O–H groups in total. The summed E-state index contributed by atoms with van der Waals surface area (Å²) in [5.74, 6) is 1.15. The second-order valence-corrected chi connectivity index (χ2v) is 5.07. The molecular weight excluding hydrogens is 204 g/mol. The van der Waals surface area contributed by atoms with Crippen LogP contribution in [-0.4, -0.2) is 27.3 Å². The second kappa shape index (κ2) is 5.99. The Morgan fingerprint density at radius 2 is 1.31 bits per heavy atom. The van der Waals surface area contributed by atoms with Gasteiger partial charge in [-0.15, -0.1) is 0 Å². The Balaban J connectivity index is 2.57. The van der Waals surface area contributed by atoms with Gasteiger partial charge in [0.15, 0.2) is 0 Å². The first-order valence-corrected chi connectivity index (χ1v) is 6.25. The Bertz CT molecular complexity index is 183. The predicted molar refractivity (Wildman–Crippen MR) is 64.0 cm³/mol. The van der Waals surface area contributed by atoms with Gasteiger partial charge in [0.2, 0.25) is 0 Å². The summed E-state index contributed by atoms with van der Waals surface area (Å²) in [6, 6.07) is 0. The van der Waals surface area contributed by atoms with E-state index in [1.165, 1.54) is 12.8 Å². The number of ether oxygens (including phenoxy) is 3. The maximum atomic E-state index is 5.43. The first kappa shape index (κ1) is 13.9. The zero-order valence-electron chi connectivity index (χ0n) is 11.3. The summed E-state index contributed by atoms with van der Waals surface area (Å²) in [7, 11) is 4.96.